The highest BCUT2D eigenvalue weighted by Gasteiger charge is 2.20. The fourth-order valence-corrected chi connectivity index (χ4v) is 2.92. The highest BCUT2D eigenvalue weighted by Crippen LogP contribution is 2.22. The van der Waals surface area contributed by atoms with E-state index < -0.39 is 11.1 Å². The first-order valence-electron chi connectivity index (χ1n) is 6.96. The maximum absolute atomic E-state index is 12.1. The summed E-state index contributed by atoms with van der Waals surface area (Å²) in [6.07, 6.45) is 0. The van der Waals surface area contributed by atoms with Gasteiger partial charge in [-0.25, -0.2) is 9.00 Å². The van der Waals surface area contributed by atoms with Gasteiger partial charge in [-0.1, -0.05) is 17.7 Å². The average molecular weight is 316 g/mol. The van der Waals surface area contributed by atoms with E-state index in [0.717, 1.165) is 11.3 Å². The van der Waals surface area contributed by atoms with Crippen LogP contribution in [0.15, 0.2) is 53.4 Å². The molecule has 1 unspecified atom stereocenters. The van der Waals surface area contributed by atoms with Gasteiger partial charge in [-0.05, 0) is 43.3 Å². The Kier molecular flexibility index (Phi) is 4.11. The third-order valence-corrected chi connectivity index (χ3v) is 4.39. The maximum atomic E-state index is 12.1. The van der Waals surface area contributed by atoms with Gasteiger partial charge in [-0.2, -0.15) is 0 Å². The summed E-state index contributed by atoms with van der Waals surface area (Å²) in [5.74, 6) is 0.502. The summed E-state index contributed by atoms with van der Waals surface area (Å²) >= 11 is -1.55. The molecule has 3 rings (SSSR count). The second kappa shape index (κ2) is 6.19. The van der Waals surface area contributed by atoms with E-state index >= 15 is 0 Å². The minimum Gasteiger partial charge on any atom is -0.397 e. The number of nitrogens with zero attached hydrogens (tertiary/aromatic N) is 1. The number of carbonyl (C=O) groups excluding carboxylic acids is 1. The number of benzene rings is 2. The van der Waals surface area contributed by atoms with Crippen LogP contribution in [0.3, 0.4) is 0 Å². The average Bonchev–Trinajstić information content (AvgIpc) is 2.95. The molecule has 1 aliphatic heterocycles. The molecule has 1 heterocycles. The van der Waals surface area contributed by atoms with Crippen molar-refractivity contribution < 1.29 is 13.2 Å². The van der Waals surface area contributed by atoms with Crippen molar-refractivity contribution in [2.45, 2.75) is 11.8 Å². The molecule has 0 saturated carbocycles. The van der Waals surface area contributed by atoms with Crippen molar-refractivity contribution in [1.82, 2.24) is 5.32 Å². The minimum absolute atomic E-state index is 0.100. The molecule has 1 aliphatic rings. The largest absolute Gasteiger partial charge is 0.397 e. The van der Waals surface area contributed by atoms with Gasteiger partial charge in [0.1, 0.15) is 5.75 Å². The standard InChI is InChI=1S/C16H16N2O3S/c1-12-2-8-15(9-3-12)22(20)21-14-6-4-13(5-7-14)18-11-10-17-16(18)19/h2-9H,10-11H2,1H3,(H,17,19). The Labute approximate surface area is 131 Å². The van der Waals surface area contributed by atoms with Crippen LogP contribution >= 0.6 is 0 Å². The summed E-state index contributed by atoms with van der Waals surface area (Å²) in [7, 11) is 0. The Hall–Kier alpha value is -2.34. The van der Waals surface area contributed by atoms with Gasteiger partial charge in [0.15, 0.2) is 0 Å². The fraction of sp³-hybridized carbons (Fsp3) is 0.188. The van der Waals surface area contributed by atoms with Crippen molar-refractivity contribution in [3.63, 3.8) is 0 Å². The molecule has 2 amide bonds. The van der Waals surface area contributed by atoms with E-state index in [-0.39, 0.29) is 6.03 Å². The molecule has 2 aromatic rings. The molecule has 1 fully saturated rings. The van der Waals surface area contributed by atoms with Gasteiger partial charge >= 0.3 is 6.03 Å². The van der Waals surface area contributed by atoms with Crippen LogP contribution in [0, 0.1) is 6.92 Å². The third kappa shape index (κ3) is 3.12. The lowest BCUT2D eigenvalue weighted by atomic mass is 10.2. The molecule has 0 aromatic heterocycles. The van der Waals surface area contributed by atoms with Gasteiger partial charge in [0.25, 0.3) is 0 Å². The number of anilines is 1. The second-order valence-corrected chi connectivity index (χ2v) is 6.12. The van der Waals surface area contributed by atoms with E-state index in [1.807, 2.05) is 19.1 Å². The van der Waals surface area contributed by atoms with Crippen molar-refractivity contribution in [2.75, 3.05) is 18.0 Å². The normalized spacial score (nSPS) is 15.5. The van der Waals surface area contributed by atoms with Crippen molar-refractivity contribution in [2.24, 2.45) is 0 Å². The number of nitrogens with one attached hydrogen (secondary N) is 1. The Morgan fingerprint density at radius 1 is 1.09 bits per heavy atom. The highest BCUT2D eigenvalue weighted by molar-refractivity contribution is 7.80. The van der Waals surface area contributed by atoms with Crippen LogP contribution in [-0.2, 0) is 11.1 Å². The van der Waals surface area contributed by atoms with Crippen molar-refractivity contribution >= 4 is 22.8 Å². The SMILES string of the molecule is Cc1ccc(S(=O)Oc2ccc(N3CCNC3=O)cc2)cc1. The predicted molar refractivity (Wildman–Crippen MR) is 85.4 cm³/mol. The van der Waals surface area contributed by atoms with Crippen LogP contribution in [0.1, 0.15) is 5.56 Å². The molecule has 0 spiro atoms. The molecular formula is C16H16N2O3S. The summed E-state index contributed by atoms with van der Waals surface area (Å²) in [5.41, 5.74) is 1.90. The van der Waals surface area contributed by atoms with Crippen LogP contribution in [-0.4, -0.2) is 23.3 Å². The van der Waals surface area contributed by atoms with Crippen LogP contribution < -0.4 is 14.4 Å². The molecule has 0 aliphatic carbocycles. The van der Waals surface area contributed by atoms with E-state index in [2.05, 4.69) is 5.32 Å². The van der Waals surface area contributed by atoms with Gasteiger partial charge in [0.2, 0.25) is 11.1 Å². The van der Waals surface area contributed by atoms with Gasteiger partial charge in [0.05, 0.1) is 4.90 Å². The summed E-state index contributed by atoms with van der Waals surface area (Å²) < 4.78 is 17.6. The quantitative estimate of drug-likeness (QED) is 0.943. The Bertz CT molecular complexity index is 698. The summed E-state index contributed by atoms with van der Waals surface area (Å²) in [5, 5.41) is 2.75. The van der Waals surface area contributed by atoms with Crippen LogP contribution in [0.25, 0.3) is 0 Å². The molecule has 1 N–H and O–H groups in total. The molecule has 0 bridgehead atoms. The molecule has 114 valence electrons. The number of hydrogen-bond donors (Lipinski definition) is 1. The lowest BCUT2D eigenvalue weighted by Gasteiger charge is -2.14. The molecule has 1 saturated heterocycles. The zero-order valence-corrected chi connectivity index (χ0v) is 12.9. The van der Waals surface area contributed by atoms with E-state index in [9.17, 15) is 9.00 Å². The Morgan fingerprint density at radius 3 is 2.36 bits per heavy atom. The van der Waals surface area contributed by atoms with Crippen molar-refractivity contribution in [3.05, 3.63) is 54.1 Å². The summed E-state index contributed by atoms with van der Waals surface area (Å²) in [6.45, 7) is 3.27. The number of amides is 2. The third-order valence-electron chi connectivity index (χ3n) is 3.39. The first-order chi connectivity index (χ1) is 10.6. The zero-order valence-electron chi connectivity index (χ0n) is 12.1. The van der Waals surface area contributed by atoms with E-state index in [0.29, 0.717) is 23.7 Å². The van der Waals surface area contributed by atoms with Gasteiger partial charge < -0.3 is 9.50 Å². The Morgan fingerprint density at radius 2 is 1.77 bits per heavy atom. The van der Waals surface area contributed by atoms with Crippen LogP contribution in [0.2, 0.25) is 0 Å². The number of urea groups is 1. The highest BCUT2D eigenvalue weighted by atomic mass is 32.2. The lowest BCUT2D eigenvalue weighted by Crippen LogP contribution is -2.27. The summed E-state index contributed by atoms with van der Waals surface area (Å²) in [6, 6.07) is 14.3. The van der Waals surface area contributed by atoms with Crippen molar-refractivity contribution in [1.29, 1.82) is 0 Å². The molecule has 0 radical (unpaired) electrons. The lowest BCUT2D eigenvalue weighted by molar-refractivity contribution is 0.252. The number of aryl methyl sites for hydroxylation is 1. The van der Waals surface area contributed by atoms with Gasteiger partial charge in [0, 0.05) is 18.8 Å². The second-order valence-electron chi connectivity index (χ2n) is 5.01. The number of carbonyl (C=O) groups is 1. The molecule has 6 heteroatoms. The van der Waals surface area contributed by atoms with Crippen molar-refractivity contribution in [3.8, 4) is 5.75 Å². The predicted octanol–water partition coefficient (Wildman–Crippen LogP) is 2.63. The summed E-state index contributed by atoms with van der Waals surface area (Å²) in [4.78, 5) is 13.9. The molecule has 1 atom stereocenters. The first-order valence-corrected chi connectivity index (χ1v) is 8.03. The van der Waals surface area contributed by atoms with E-state index in [1.165, 1.54) is 0 Å². The van der Waals surface area contributed by atoms with Gasteiger partial charge in [-0.3, -0.25) is 4.90 Å². The smallest absolute Gasteiger partial charge is 0.321 e. The van der Waals surface area contributed by atoms with Crippen LogP contribution in [0.5, 0.6) is 5.75 Å². The Balaban J connectivity index is 1.69. The zero-order chi connectivity index (χ0) is 15.5. The molecule has 5 nitrogen and oxygen atoms in total. The fourth-order valence-electron chi connectivity index (χ4n) is 2.18. The van der Waals surface area contributed by atoms with E-state index in [4.69, 9.17) is 4.18 Å². The van der Waals surface area contributed by atoms with Crippen LogP contribution in [0.4, 0.5) is 10.5 Å². The molecule has 2 aromatic carbocycles. The molecular weight excluding hydrogens is 300 g/mol. The minimum atomic E-state index is -1.55. The van der Waals surface area contributed by atoms with E-state index in [1.54, 1.807) is 41.3 Å². The topological polar surface area (TPSA) is 58.6 Å². The molecule has 22 heavy (non-hydrogen) atoms. The van der Waals surface area contributed by atoms with Gasteiger partial charge in [-0.15, -0.1) is 0 Å². The number of rotatable bonds is 4. The monoisotopic (exact) mass is 316 g/mol. The number of hydrogen-bond acceptors (Lipinski definition) is 3. The first kappa shape index (κ1) is 14.6. The maximum Gasteiger partial charge on any atom is 0.321 e.